The Kier molecular flexibility index (Phi) is 11.2. The summed E-state index contributed by atoms with van der Waals surface area (Å²) in [5, 5.41) is 0. The van der Waals surface area contributed by atoms with Crippen LogP contribution in [0.4, 0.5) is 0 Å². The molecule has 0 spiro atoms. The number of aryl methyl sites for hydroxylation is 4. The van der Waals surface area contributed by atoms with E-state index in [2.05, 4.69) is 83.1 Å². The molecule has 0 saturated carbocycles. The molecule has 3 aliphatic heterocycles. The number of fused-ring (bicyclic) bond motifs is 3. The van der Waals surface area contributed by atoms with Crippen LogP contribution in [0.25, 0.3) is 11.1 Å². The van der Waals surface area contributed by atoms with Crippen molar-refractivity contribution in [2.45, 2.75) is 79.9 Å². The molecule has 3 heterocycles. The van der Waals surface area contributed by atoms with Crippen LogP contribution in [0.2, 0.25) is 0 Å². The monoisotopic (exact) mass is 706 g/mol. The molecule has 4 aromatic rings. The molecule has 7 nitrogen and oxygen atoms in total. The maximum Gasteiger partial charge on any atom is 0.338 e. The Morgan fingerprint density at radius 3 is 1.65 bits per heavy atom. The van der Waals surface area contributed by atoms with Gasteiger partial charge in [-0.3, -0.25) is 0 Å². The van der Waals surface area contributed by atoms with Crippen molar-refractivity contribution in [3.8, 4) is 22.6 Å². The minimum absolute atomic E-state index is 0.149. The van der Waals surface area contributed by atoms with Gasteiger partial charge in [-0.25, -0.2) is 4.79 Å². The summed E-state index contributed by atoms with van der Waals surface area (Å²) >= 11 is 0. The van der Waals surface area contributed by atoms with E-state index in [-0.39, 0.29) is 23.6 Å². The van der Waals surface area contributed by atoms with E-state index in [1.165, 1.54) is 0 Å². The quantitative estimate of drug-likeness (QED) is 0.100. The molecule has 52 heavy (non-hydrogen) atoms. The van der Waals surface area contributed by atoms with Crippen LogP contribution >= 0.6 is 0 Å². The minimum atomic E-state index is -0.725. The molecule has 0 aromatic heterocycles. The Labute approximate surface area is 309 Å². The first-order chi connectivity index (χ1) is 25.2. The second-order valence-corrected chi connectivity index (χ2v) is 14.3. The summed E-state index contributed by atoms with van der Waals surface area (Å²) in [6.07, 6.45) is 0.332. The molecule has 2 atom stereocenters. The minimum Gasteiger partial charge on any atom is -0.490 e. The molecule has 4 aromatic carbocycles. The second kappa shape index (κ2) is 15.4. The molecular formula is C45H54O7. The van der Waals surface area contributed by atoms with E-state index in [1.807, 2.05) is 45.9 Å². The van der Waals surface area contributed by atoms with Gasteiger partial charge in [-0.1, -0.05) is 95.3 Å². The van der Waals surface area contributed by atoms with Gasteiger partial charge in [0, 0.05) is 11.0 Å². The predicted octanol–water partition coefficient (Wildman–Crippen LogP) is 9.08. The van der Waals surface area contributed by atoms with E-state index in [4.69, 9.17) is 28.4 Å². The van der Waals surface area contributed by atoms with Gasteiger partial charge >= 0.3 is 5.97 Å². The van der Waals surface area contributed by atoms with E-state index in [0.29, 0.717) is 38.6 Å². The number of ether oxygens (including phenoxy) is 6. The van der Waals surface area contributed by atoms with Crippen molar-refractivity contribution >= 4 is 5.97 Å². The summed E-state index contributed by atoms with van der Waals surface area (Å²) in [4.78, 5) is 13.9. The zero-order chi connectivity index (χ0) is 37.2. The number of rotatable bonds is 11. The predicted molar refractivity (Wildman–Crippen MR) is 205 cm³/mol. The molecule has 1 aliphatic carbocycles. The van der Waals surface area contributed by atoms with Crippen LogP contribution in [0.5, 0.6) is 11.5 Å². The second-order valence-electron chi connectivity index (χ2n) is 14.3. The summed E-state index contributed by atoms with van der Waals surface area (Å²) < 4.78 is 34.8. The highest BCUT2D eigenvalue weighted by molar-refractivity contribution is 6.02. The third kappa shape index (κ3) is 6.99. The van der Waals surface area contributed by atoms with Crippen molar-refractivity contribution in [2.24, 2.45) is 5.41 Å². The Balaban J connectivity index is 0.00000112. The van der Waals surface area contributed by atoms with Crippen LogP contribution < -0.4 is 9.47 Å². The molecule has 2 unspecified atom stereocenters. The van der Waals surface area contributed by atoms with Crippen molar-refractivity contribution in [1.29, 1.82) is 0 Å². The Bertz CT molecular complexity index is 1800. The van der Waals surface area contributed by atoms with E-state index >= 15 is 0 Å². The molecule has 0 N–H and O–H groups in total. The van der Waals surface area contributed by atoms with Crippen molar-refractivity contribution in [2.75, 3.05) is 46.2 Å². The van der Waals surface area contributed by atoms with Gasteiger partial charge in [0.2, 0.25) is 0 Å². The molecule has 3 saturated heterocycles. The van der Waals surface area contributed by atoms with Gasteiger partial charge in [0.15, 0.2) is 0 Å². The number of carbonyl (C=O) groups excluding carboxylic acids is 1. The summed E-state index contributed by atoms with van der Waals surface area (Å²) in [5.41, 5.74) is 10.3. The fourth-order valence-corrected chi connectivity index (χ4v) is 7.61. The van der Waals surface area contributed by atoms with Gasteiger partial charge in [0.1, 0.15) is 43.5 Å². The van der Waals surface area contributed by atoms with E-state index in [9.17, 15) is 4.79 Å². The van der Waals surface area contributed by atoms with Crippen LogP contribution in [0.1, 0.15) is 89.5 Å². The number of hydrogen-bond acceptors (Lipinski definition) is 7. The third-order valence-corrected chi connectivity index (χ3v) is 10.2. The molecular weight excluding hydrogens is 652 g/mol. The molecule has 7 heteroatoms. The first kappa shape index (κ1) is 37.6. The van der Waals surface area contributed by atoms with Gasteiger partial charge in [0.05, 0.1) is 37.4 Å². The van der Waals surface area contributed by atoms with Crippen molar-refractivity contribution in [1.82, 2.24) is 0 Å². The zero-order valence-electron chi connectivity index (χ0n) is 32.3. The third-order valence-electron chi connectivity index (χ3n) is 10.2. The molecule has 8 rings (SSSR count). The Morgan fingerprint density at radius 1 is 0.712 bits per heavy atom. The fourth-order valence-electron chi connectivity index (χ4n) is 7.61. The van der Waals surface area contributed by atoms with Crippen molar-refractivity contribution in [3.05, 3.63) is 117 Å². The van der Waals surface area contributed by atoms with Gasteiger partial charge in [-0.2, -0.15) is 0 Å². The number of epoxide rings is 2. The maximum atomic E-state index is 13.9. The lowest BCUT2D eigenvalue weighted by atomic mass is 9.66. The molecule has 276 valence electrons. The van der Waals surface area contributed by atoms with Gasteiger partial charge in [-0.15, -0.1) is 0 Å². The van der Waals surface area contributed by atoms with Crippen LogP contribution in [-0.2, 0) is 24.4 Å². The zero-order valence-corrected chi connectivity index (χ0v) is 32.3. The highest BCUT2D eigenvalue weighted by atomic mass is 16.6. The van der Waals surface area contributed by atoms with E-state index in [1.54, 1.807) is 0 Å². The van der Waals surface area contributed by atoms with E-state index < -0.39 is 5.41 Å². The molecule has 0 bridgehead atoms. The van der Waals surface area contributed by atoms with Crippen LogP contribution in [0, 0.1) is 33.1 Å². The van der Waals surface area contributed by atoms with Crippen LogP contribution in [0.15, 0.2) is 66.7 Å². The standard InChI is InChI=1S/C41H42O7.2C2H6/c1-24-13-28(14-25(2)37(24)46-19-30-17-44-30)41(29-15-26(3)38(27(4)16-29)47-20-31-18-45-31)34-11-7-6-9-32(34)36-33(10-8-12-35(36)41)39(42)48-23-40(5)21-43-22-40;2*1-2/h6-16,30-31H,17-23H2,1-5H3;2*1-2H3. The number of benzene rings is 4. The Hall–Kier alpha value is -4.17. The van der Waals surface area contributed by atoms with Crippen LogP contribution in [0.3, 0.4) is 0 Å². The topological polar surface area (TPSA) is 79.1 Å². The van der Waals surface area contributed by atoms with Gasteiger partial charge in [-0.05, 0) is 83.8 Å². The van der Waals surface area contributed by atoms with Crippen molar-refractivity contribution < 1.29 is 33.2 Å². The molecule has 3 fully saturated rings. The lowest BCUT2D eigenvalue weighted by Crippen LogP contribution is -2.44. The number of esters is 1. The number of hydrogen-bond donors (Lipinski definition) is 0. The molecule has 4 aliphatic rings. The highest BCUT2D eigenvalue weighted by Crippen LogP contribution is 2.58. The van der Waals surface area contributed by atoms with Crippen LogP contribution in [-0.4, -0.2) is 64.4 Å². The average molecular weight is 707 g/mol. The first-order valence-electron chi connectivity index (χ1n) is 18.9. The van der Waals surface area contributed by atoms with E-state index in [0.717, 1.165) is 80.3 Å². The molecule has 0 amide bonds. The highest BCUT2D eigenvalue weighted by Gasteiger charge is 2.48. The normalized spacial score (nSPS) is 21.2. The molecule has 0 radical (unpaired) electrons. The van der Waals surface area contributed by atoms with Crippen molar-refractivity contribution in [3.63, 3.8) is 0 Å². The smallest absolute Gasteiger partial charge is 0.338 e. The average Bonchev–Trinajstić information content (AvgIpc) is 4.09. The summed E-state index contributed by atoms with van der Waals surface area (Å²) in [7, 11) is 0. The SMILES string of the molecule is CC.CC.Cc1cc(C2(c3cc(C)c(OCC4CO4)c(C)c3)c3ccccc3-c3c(C(=O)OCC4(C)COC4)cccc32)cc(C)c1OCC1CO1. The summed E-state index contributed by atoms with van der Waals surface area (Å²) in [6.45, 7) is 22.6. The summed E-state index contributed by atoms with van der Waals surface area (Å²) in [6, 6.07) is 23.6. The maximum absolute atomic E-state index is 13.9. The Morgan fingerprint density at radius 2 is 1.19 bits per heavy atom. The van der Waals surface area contributed by atoms with Gasteiger partial charge < -0.3 is 28.4 Å². The first-order valence-corrected chi connectivity index (χ1v) is 18.9. The lowest BCUT2D eigenvalue weighted by molar-refractivity contribution is -0.127. The summed E-state index contributed by atoms with van der Waals surface area (Å²) in [5.74, 6) is 1.46. The largest absolute Gasteiger partial charge is 0.490 e. The fraction of sp³-hybridized carbons (Fsp3) is 0.444. The van der Waals surface area contributed by atoms with Gasteiger partial charge in [0.25, 0.3) is 0 Å². The lowest BCUT2D eigenvalue weighted by Gasteiger charge is -2.37. The number of carbonyl (C=O) groups is 1.